The second-order valence-electron chi connectivity index (χ2n) is 4.14. The molecule has 0 saturated carbocycles. The standard InChI is InChI=1S/C13H19ClN2O/c1-11-7-6-8-12(15-11)13(17)16(2)10-5-3-4-9-14/h6-8H,3-5,9-10H2,1-2H3. The van der Waals surface area contributed by atoms with Gasteiger partial charge in [-0.15, -0.1) is 11.6 Å². The van der Waals surface area contributed by atoms with Crippen molar-refractivity contribution in [2.45, 2.75) is 26.2 Å². The van der Waals surface area contributed by atoms with Gasteiger partial charge in [-0.05, 0) is 31.9 Å². The first kappa shape index (κ1) is 14.0. The Kier molecular flexibility index (Phi) is 5.98. The van der Waals surface area contributed by atoms with Crippen molar-refractivity contribution in [2.75, 3.05) is 19.5 Å². The fraction of sp³-hybridized carbons (Fsp3) is 0.538. The third-order valence-electron chi connectivity index (χ3n) is 2.58. The molecule has 3 nitrogen and oxygen atoms in total. The molecule has 0 radical (unpaired) electrons. The molecule has 17 heavy (non-hydrogen) atoms. The van der Waals surface area contributed by atoms with Gasteiger partial charge in [0, 0.05) is 25.2 Å². The van der Waals surface area contributed by atoms with E-state index in [0.717, 1.165) is 31.5 Å². The smallest absolute Gasteiger partial charge is 0.272 e. The molecule has 0 fully saturated rings. The zero-order chi connectivity index (χ0) is 12.7. The normalized spacial score (nSPS) is 10.3. The molecule has 1 aromatic rings. The van der Waals surface area contributed by atoms with Gasteiger partial charge in [-0.3, -0.25) is 4.79 Å². The van der Waals surface area contributed by atoms with Gasteiger partial charge in [-0.1, -0.05) is 12.5 Å². The Balaban J connectivity index is 2.46. The molecule has 0 N–H and O–H groups in total. The number of nitrogens with zero attached hydrogens (tertiary/aromatic N) is 2. The lowest BCUT2D eigenvalue weighted by molar-refractivity contribution is 0.0786. The van der Waals surface area contributed by atoms with Crippen LogP contribution in [-0.2, 0) is 0 Å². The average Bonchev–Trinajstić information content (AvgIpc) is 2.33. The topological polar surface area (TPSA) is 33.2 Å². The van der Waals surface area contributed by atoms with Crippen molar-refractivity contribution in [2.24, 2.45) is 0 Å². The lowest BCUT2D eigenvalue weighted by atomic mass is 10.2. The van der Waals surface area contributed by atoms with Crippen LogP contribution in [0.1, 0.15) is 35.4 Å². The monoisotopic (exact) mass is 254 g/mol. The highest BCUT2D eigenvalue weighted by Crippen LogP contribution is 2.04. The molecule has 0 spiro atoms. The van der Waals surface area contributed by atoms with Crippen LogP contribution in [0.5, 0.6) is 0 Å². The first-order valence-corrected chi connectivity index (χ1v) is 6.43. The number of hydrogen-bond acceptors (Lipinski definition) is 2. The molecule has 94 valence electrons. The highest BCUT2D eigenvalue weighted by atomic mass is 35.5. The summed E-state index contributed by atoms with van der Waals surface area (Å²) in [6, 6.07) is 5.50. The summed E-state index contributed by atoms with van der Waals surface area (Å²) in [7, 11) is 1.81. The number of rotatable bonds is 6. The highest BCUT2D eigenvalue weighted by Gasteiger charge is 2.12. The summed E-state index contributed by atoms with van der Waals surface area (Å²) in [6.45, 7) is 2.64. The van der Waals surface area contributed by atoms with Gasteiger partial charge in [0.2, 0.25) is 0 Å². The van der Waals surface area contributed by atoms with Gasteiger partial charge in [-0.25, -0.2) is 4.98 Å². The Hall–Kier alpha value is -1.09. The third kappa shape index (κ3) is 4.73. The summed E-state index contributed by atoms with van der Waals surface area (Å²) in [4.78, 5) is 17.9. The minimum Gasteiger partial charge on any atom is -0.340 e. The number of pyridine rings is 1. The van der Waals surface area contributed by atoms with Crippen LogP contribution in [0.25, 0.3) is 0 Å². The number of amides is 1. The van der Waals surface area contributed by atoms with Crippen LogP contribution in [0.15, 0.2) is 18.2 Å². The lowest BCUT2D eigenvalue weighted by Gasteiger charge is -2.16. The fourth-order valence-corrected chi connectivity index (χ4v) is 1.77. The Morgan fingerprint density at radius 3 is 2.76 bits per heavy atom. The van der Waals surface area contributed by atoms with Crippen molar-refractivity contribution in [3.8, 4) is 0 Å². The molecule has 1 rings (SSSR count). The highest BCUT2D eigenvalue weighted by molar-refractivity contribution is 6.17. The molecule has 0 saturated heterocycles. The number of carbonyl (C=O) groups is 1. The number of aromatic nitrogens is 1. The van der Waals surface area contributed by atoms with E-state index < -0.39 is 0 Å². The van der Waals surface area contributed by atoms with E-state index in [1.54, 1.807) is 11.0 Å². The van der Waals surface area contributed by atoms with Crippen LogP contribution in [0.4, 0.5) is 0 Å². The number of unbranched alkanes of at least 4 members (excludes halogenated alkanes) is 2. The van der Waals surface area contributed by atoms with Crippen molar-refractivity contribution in [3.63, 3.8) is 0 Å². The molecule has 1 amide bonds. The predicted molar refractivity (Wildman–Crippen MR) is 70.5 cm³/mol. The van der Waals surface area contributed by atoms with E-state index in [-0.39, 0.29) is 5.91 Å². The second-order valence-corrected chi connectivity index (χ2v) is 4.52. The molecule has 0 aromatic carbocycles. The van der Waals surface area contributed by atoms with E-state index >= 15 is 0 Å². The molecule has 0 aliphatic rings. The molecule has 0 bridgehead atoms. The number of alkyl halides is 1. The van der Waals surface area contributed by atoms with E-state index in [2.05, 4.69) is 4.98 Å². The summed E-state index contributed by atoms with van der Waals surface area (Å²) in [5, 5.41) is 0. The second kappa shape index (κ2) is 7.28. The summed E-state index contributed by atoms with van der Waals surface area (Å²) < 4.78 is 0. The van der Waals surface area contributed by atoms with Gasteiger partial charge in [0.1, 0.15) is 5.69 Å². The molecule has 1 heterocycles. The Morgan fingerprint density at radius 1 is 1.35 bits per heavy atom. The fourth-order valence-electron chi connectivity index (χ4n) is 1.58. The minimum absolute atomic E-state index is 0.0143. The van der Waals surface area contributed by atoms with Gasteiger partial charge < -0.3 is 4.90 Å². The van der Waals surface area contributed by atoms with Gasteiger partial charge in [0.25, 0.3) is 5.91 Å². The van der Waals surface area contributed by atoms with Crippen molar-refractivity contribution in [3.05, 3.63) is 29.6 Å². The van der Waals surface area contributed by atoms with Crippen molar-refractivity contribution >= 4 is 17.5 Å². The van der Waals surface area contributed by atoms with Crippen LogP contribution in [0.3, 0.4) is 0 Å². The average molecular weight is 255 g/mol. The summed E-state index contributed by atoms with van der Waals surface area (Å²) >= 11 is 5.60. The Labute approximate surface area is 108 Å². The zero-order valence-electron chi connectivity index (χ0n) is 10.4. The van der Waals surface area contributed by atoms with Gasteiger partial charge in [-0.2, -0.15) is 0 Å². The van der Waals surface area contributed by atoms with Gasteiger partial charge >= 0.3 is 0 Å². The maximum Gasteiger partial charge on any atom is 0.272 e. The SMILES string of the molecule is Cc1cccc(C(=O)N(C)CCCCCCl)n1. The zero-order valence-corrected chi connectivity index (χ0v) is 11.2. The van der Waals surface area contributed by atoms with E-state index in [1.807, 2.05) is 26.1 Å². The molecule has 1 aromatic heterocycles. The number of carbonyl (C=O) groups excluding carboxylic acids is 1. The quantitative estimate of drug-likeness (QED) is 0.578. The summed E-state index contributed by atoms with van der Waals surface area (Å²) in [5.74, 6) is 0.677. The van der Waals surface area contributed by atoms with Crippen molar-refractivity contribution in [1.82, 2.24) is 9.88 Å². The molecule has 0 unspecified atom stereocenters. The maximum absolute atomic E-state index is 12.0. The lowest BCUT2D eigenvalue weighted by Crippen LogP contribution is -2.28. The third-order valence-corrected chi connectivity index (χ3v) is 2.85. The molecular weight excluding hydrogens is 236 g/mol. The first-order valence-electron chi connectivity index (χ1n) is 5.90. The van der Waals surface area contributed by atoms with Crippen LogP contribution in [0, 0.1) is 6.92 Å². The maximum atomic E-state index is 12.0. The summed E-state index contributed by atoms with van der Waals surface area (Å²) in [5.41, 5.74) is 1.39. The number of aryl methyl sites for hydroxylation is 1. The number of hydrogen-bond donors (Lipinski definition) is 0. The number of halogens is 1. The van der Waals surface area contributed by atoms with Crippen LogP contribution < -0.4 is 0 Å². The van der Waals surface area contributed by atoms with Crippen LogP contribution in [0.2, 0.25) is 0 Å². The predicted octanol–water partition coefficient (Wildman–Crippen LogP) is 2.87. The van der Waals surface area contributed by atoms with E-state index in [9.17, 15) is 4.79 Å². The van der Waals surface area contributed by atoms with E-state index in [0.29, 0.717) is 11.6 Å². The van der Waals surface area contributed by atoms with Crippen LogP contribution >= 0.6 is 11.6 Å². The first-order chi connectivity index (χ1) is 8.15. The van der Waals surface area contributed by atoms with E-state index in [4.69, 9.17) is 11.6 Å². The Bertz CT molecular complexity index is 368. The largest absolute Gasteiger partial charge is 0.340 e. The van der Waals surface area contributed by atoms with Gasteiger partial charge in [0.15, 0.2) is 0 Å². The van der Waals surface area contributed by atoms with E-state index in [1.165, 1.54) is 0 Å². The minimum atomic E-state index is -0.0143. The molecule has 0 atom stereocenters. The summed E-state index contributed by atoms with van der Waals surface area (Å²) in [6.07, 6.45) is 3.05. The molecule has 0 aliphatic heterocycles. The molecule has 4 heteroatoms. The van der Waals surface area contributed by atoms with Gasteiger partial charge in [0.05, 0.1) is 0 Å². The van der Waals surface area contributed by atoms with Crippen LogP contribution in [-0.4, -0.2) is 35.3 Å². The molecular formula is C13H19ClN2O. The van der Waals surface area contributed by atoms with Crippen molar-refractivity contribution in [1.29, 1.82) is 0 Å². The van der Waals surface area contributed by atoms with Crippen molar-refractivity contribution < 1.29 is 4.79 Å². The Morgan fingerprint density at radius 2 is 2.12 bits per heavy atom. The molecule has 0 aliphatic carbocycles.